The van der Waals surface area contributed by atoms with E-state index < -0.39 is 6.09 Å². The van der Waals surface area contributed by atoms with E-state index in [1.165, 1.54) is 4.90 Å². The number of aliphatic hydroxyl groups excluding tert-OH is 1. The summed E-state index contributed by atoms with van der Waals surface area (Å²) in [5, 5.41) is 9.91. The molecule has 0 saturated carbocycles. The van der Waals surface area contributed by atoms with Crippen molar-refractivity contribution < 1.29 is 24.2 Å². The van der Waals surface area contributed by atoms with Crippen molar-refractivity contribution in [2.75, 3.05) is 26.7 Å². The number of likely N-dealkylation sites (N-methyl/N-ethyl adjacent to an activating group) is 1. The number of hydrogen-bond donors (Lipinski definition) is 1. The van der Waals surface area contributed by atoms with Crippen molar-refractivity contribution >= 4 is 12.0 Å². The normalized spacial score (nSPS) is 19.6. The van der Waals surface area contributed by atoms with Gasteiger partial charge in [0.1, 0.15) is 0 Å². The van der Waals surface area contributed by atoms with Gasteiger partial charge in [0.25, 0.3) is 5.91 Å². The summed E-state index contributed by atoms with van der Waals surface area (Å²) in [4.78, 5) is 29.4. The van der Waals surface area contributed by atoms with E-state index in [9.17, 15) is 14.7 Å². The summed E-state index contributed by atoms with van der Waals surface area (Å²) < 4.78 is 11.7. The third-order valence-corrected chi connectivity index (χ3v) is 6.20. The van der Waals surface area contributed by atoms with Crippen LogP contribution in [0, 0.1) is 5.92 Å². The molecule has 2 aromatic rings. The lowest BCUT2D eigenvalue weighted by Gasteiger charge is -2.35. The van der Waals surface area contributed by atoms with Crippen LogP contribution in [0.15, 0.2) is 48.5 Å². The minimum Gasteiger partial charge on any atom is -0.447 e. The Hall–Kier alpha value is -2.90. The average Bonchev–Trinajstić information content (AvgIpc) is 2.84. The molecule has 1 aliphatic rings. The minimum absolute atomic E-state index is 0.107. The highest BCUT2D eigenvalue weighted by molar-refractivity contribution is 6.01. The molecule has 1 N–H and O–H groups in total. The lowest BCUT2D eigenvalue weighted by Crippen LogP contribution is -2.47. The number of carbonyl (C=O) groups excluding carboxylic acids is 2. The van der Waals surface area contributed by atoms with Crippen LogP contribution in [0.5, 0.6) is 0 Å². The first-order chi connectivity index (χ1) is 16.2. The second-order valence-corrected chi connectivity index (χ2v) is 9.33. The second-order valence-electron chi connectivity index (χ2n) is 9.33. The minimum atomic E-state index is -0.412. The van der Waals surface area contributed by atoms with E-state index in [4.69, 9.17) is 9.47 Å². The number of rotatable bonds is 5. The predicted molar refractivity (Wildman–Crippen MR) is 131 cm³/mol. The largest absolute Gasteiger partial charge is 0.447 e. The van der Waals surface area contributed by atoms with E-state index in [1.807, 2.05) is 76.2 Å². The lowest BCUT2D eigenvalue weighted by atomic mass is 9.94. The first kappa shape index (κ1) is 25.7. The van der Waals surface area contributed by atoms with E-state index in [-0.39, 0.29) is 36.7 Å². The molecule has 7 nitrogen and oxygen atoms in total. The van der Waals surface area contributed by atoms with Gasteiger partial charge in [0.15, 0.2) is 0 Å². The fourth-order valence-corrected chi connectivity index (χ4v) is 4.19. The molecule has 0 aliphatic carbocycles. The Morgan fingerprint density at radius 1 is 1.12 bits per heavy atom. The number of benzene rings is 2. The molecule has 3 atom stereocenters. The molecule has 7 heteroatoms. The zero-order valence-corrected chi connectivity index (χ0v) is 20.7. The van der Waals surface area contributed by atoms with Gasteiger partial charge in [-0.15, -0.1) is 0 Å². The van der Waals surface area contributed by atoms with Gasteiger partial charge in [0, 0.05) is 25.1 Å². The van der Waals surface area contributed by atoms with Crippen molar-refractivity contribution in [2.45, 2.75) is 52.6 Å². The first-order valence-corrected chi connectivity index (χ1v) is 11.8. The molecule has 0 radical (unpaired) electrons. The van der Waals surface area contributed by atoms with Crippen LogP contribution in [0.2, 0.25) is 0 Å². The third-order valence-electron chi connectivity index (χ3n) is 6.20. The van der Waals surface area contributed by atoms with E-state index in [2.05, 4.69) is 0 Å². The van der Waals surface area contributed by atoms with Gasteiger partial charge in [0.05, 0.1) is 38.0 Å². The van der Waals surface area contributed by atoms with Gasteiger partial charge >= 0.3 is 6.09 Å². The molecule has 34 heavy (non-hydrogen) atoms. The van der Waals surface area contributed by atoms with E-state index in [0.29, 0.717) is 25.3 Å². The molecule has 1 aliphatic heterocycles. The van der Waals surface area contributed by atoms with Gasteiger partial charge in [-0.3, -0.25) is 4.79 Å². The Kier molecular flexibility index (Phi) is 8.69. The first-order valence-electron chi connectivity index (χ1n) is 11.8. The van der Waals surface area contributed by atoms with Crippen LogP contribution >= 0.6 is 0 Å². The molecule has 0 unspecified atom stereocenters. The van der Waals surface area contributed by atoms with Crippen LogP contribution < -0.4 is 0 Å². The van der Waals surface area contributed by atoms with E-state index >= 15 is 0 Å². The van der Waals surface area contributed by atoms with Crippen LogP contribution in [0.4, 0.5) is 4.79 Å². The molecule has 0 saturated heterocycles. The third kappa shape index (κ3) is 5.96. The molecular weight excluding hydrogens is 432 g/mol. The molecule has 0 aromatic heterocycles. The molecule has 3 rings (SSSR count). The highest BCUT2D eigenvalue weighted by Crippen LogP contribution is 2.31. The Labute approximate surface area is 202 Å². The summed E-state index contributed by atoms with van der Waals surface area (Å²) in [6.07, 6.45) is -0.977. The number of hydrogen-bond acceptors (Lipinski definition) is 5. The van der Waals surface area contributed by atoms with Crippen LogP contribution in [0.1, 0.15) is 43.6 Å². The second kappa shape index (κ2) is 11.5. The molecule has 184 valence electrons. The number of ether oxygens (including phenoxy) is 2. The zero-order valence-electron chi connectivity index (χ0n) is 20.7. The Balaban J connectivity index is 2.02. The average molecular weight is 469 g/mol. The maximum absolute atomic E-state index is 13.8. The molecule has 1 heterocycles. The number of aliphatic hydroxyl groups is 1. The summed E-state index contributed by atoms with van der Waals surface area (Å²) in [5.74, 6) is -0.239. The van der Waals surface area contributed by atoms with Crippen molar-refractivity contribution in [3.63, 3.8) is 0 Å². The summed E-state index contributed by atoms with van der Waals surface area (Å²) in [7, 11) is 1.69. The van der Waals surface area contributed by atoms with Crippen LogP contribution in [-0.4, -0.2) is 71.9 Å². The van der Waals surface area contributed by atoms with Crippen LogP contribution in [-0.2, 0) is 16.1 Å². The van der Waals surface area contributed by atoms with Gasteiger partial charge in [-0.1, -0.05) is 49.4 Å². The summed E-state index contributed by atoms with van der Waals surface area (Å²) in [5.41, 5.74) is 3.34. The van der Waals surface area contributed by atoms with Gasteiger partial charge in [0.2, 0.25) is 0 Å². The monoisotopic (exact) mass is 468 g/mol. The van der Waals surface area contributed by atoms with E-state index in [1.54, 1.807) is 11.9 Å². The predicted octanol–water partition coefficient (Wildman–Crippen LogP) is 4.19. The summed E-state index contributed by atoms with van der Waals surface area (Å²) in [6, 6.07) is 15.1. The smallest absolute Gasteiger partial charge is 0.409 e. The van der Waals surface area contributed by atoms with Gasteiger partial charge in [-0.2, -0.15) is 0 Å². The van der Waals surface area contributed by atoms with Crippen LogP contribution in [0.3, 0.4) is 0 Å². The van der Waals surface area contributed by atoms with Gasteiger partial charge in [-0.05, 0) is 43.5 Å². The molecule has 0 spiro atoms. The quantitative estimate of drug-likeness (QED) is 0.712. The van der Waals surface area contributed by atoms with Crippen LogP contribution in [0.25, 0.3) is 11.1 Å². The molecule has 2 aromatic carbocycles. The van der Waals surface area contributed by atoms with Crippen molar-refractivity contribution in [3.05, 3.63) is 59.7 Å². The molecule has 0 fully saturated rings. The van der Waals surface area contributed by atoms with Gasteiger partial charge < -0.3 is 24.4 Å². The van der Waals surface area contributed by atoms with E-state index in [0.717, 1.165) is 16.7 Å². The van der Waals surface area contributed by atoms with Crippen molar-refractivity contribution in [2.24, 2.45) is 5.92 Å². The Morgan fingerprint density at radius 3 is 2.38 bits per heavy atom. The maximum Gasteiger partial charge on any atom is 0.409 e. The SMILES string of the molecule is CC(C)OC(=O)N(C)C[C@@H]1OCc2ccccc2-c2ccccc2C(=O)N([C@H](C)CO)C[C@@H]1C. The molecule has 2 amide bonds. The highest BCUT2D eigenvalue weighted by atomic mass is 16.6. The summed E-state index contributed by atoms with van der Waals surface area (Å²) in [6.45, 7) is 8.35. The summed E-state index contributed by atoms with van der Waals surface area (Å²) >= 11 is 0. The highest BCUT2D eigenvalue weighted by Gasteiger charge is 2.31. The topological polar surface area (TPSA) is 79.3 Å². The fourth-order valence-electron chi connectivity index (χ4n) is 4.19. The number of nitrogens with zero attached hydrogens (tertiary/aromatic N) is 2. The van der Waals surface area contributed by atoms with Gasteiger partial charge in [-0.25, -0.2) is 4.79 Å². The Morgan fingerprint density at radius 2 is 1.74 bits per heavy atom. The standard InChI is InChI=1S/C27H36N2O5/c1-18(2)34-27(32)28(5)15-25-19(3)14-29(20(4)16-30)26(31)24-13-9-8-12-23(24)22-11-7-6-10-21(22)17-33-25/h6-13,18-20,25,30H,14-17H2,1-5H3/t19-,20+,25-/m0/s1. The number of carbonyl (C=O) groups is 2. The number of amides is 2. The van der Waals surface area contributed by atoms with Crippen molar-refractivity contribution in [1.82, 2.24) is 9.80 Å². The molecular formula is C27H36N2O5. The maximum atomic E-state index is 13.8. The van der Waals surface area contributed by atoms with Crippen molar-refractivity contribution in [3.8, 4) is 11.1 Å². The Bertz CT molecular complexity index is 992. The van der Waals surface area contributed by atoms with Crippen molar-refractivity contribution in [1.29, 1.82) is 0 Å². The zero-order chi connectivity index (χ0) is 24.8. The number of fused-ring (bicyclic) bond motifs is 3. The fraction of sp³-hybridized carbons (Fsp3) is 0.481. The molecule has 0 bridgehead atoms. The lowest BCUT2D eigenvalue weighted by molar-refractivity contribution is -0.0245.